The molecule has 7 heteroatoms. The number of hydrogen-bond donors (Lipinski definition) is 0. The molecule has 1 atom stereocenters. The van der Waals surface area contributed by atoms with Gasteiger partial charge in [-0.1, -0.05) is 12.8 Å². The summed E-state index contributed by atoms with van der Waals surface area (Å²) in [6, 6.07) is 12.8. The lowest BCUT2D eigenvalue weighted by atomic mass is 10.1. The van der Waals surface area contributed by atoms with E-state index in [4.69, 9.17) is 9.47 Å². The molecular weight excluding hydrogens is 396 g/mol. The molecule has 0 bridgehead atoms. The first-order chi connectivity index (χ1) is 15.0. The maximum absolute atomic E-state index is 13.5. The molecule has 2 aromatic rings. The number of rotatable bonds is 6. The van der Waals surface area contributed by atoms with E-state index >= 15 is 0 Å². The quantitative estimate of drug-likeness (QED) is 0.667. The van der Waals surface area contributed by atoms with Crippen molar-refractivity contribution in [3.63, 3.8) is 0 Å². The highest BCUT2D eigenvalue weighted by atomic mass is 16.5. The monoisotopic (exact) mass is 422 g/mol. The Bertz CT molecular complexity index is 964. The Morgan fingerprint density at radius 3 is 2.00 bits per heavy atom. The van der Waals surface area contributed by atoms with Gasteiger partial charge < -0.3 is 14.4 Å². The minimum atomic E-state index is -0.799. The first-order valence-electron chi connectivity index (χ1n) is 10.5. The van der Waals surface area contributed by atoms with E-state index in [1.165, 1.54) is 4.90 Å². The van der Waals surface area contributed by atoms with E-state index < -0.39 is 6.04 Å². The van der Waals surface area contributed by atoms with Gasteiger partial charge in [0.1, 0.15) is 17.5 Å². The molecule has 0 spiro atoms. The third kappa shape index (κ3) is 4.00. The van der Waals surface area contributed by atoms with Crippen molar-refractivity contribution in [3.05, 3.63) is 54.1 Å². The highest BCUT2D eigenvalue weighted by molar-refractivity contribution is 6.23. The highest BCUT2D eigenvalue weighted by Crippen LogP contribution is 2.33. The lowest BCUT2D eigenvalue weighted by Gasteiger charge is -2.33. The molecular formula is C24H26N2O5. The largest absolute Gasteiger partial charge is 0.497 e. The van der Waals surface area contributed by atoms with Crippen LogP contribution in [-0.2, 0) is 9.59 Å². The van der Waals surface area contributed by atoms with E-state index in [9.17, 15) is 14.4 Å². The molecule has 31 heavy (non-hydrogen) atoms. The molecule has 1 heterocycles. The molecule has 0 N–H and O–H groups in total. The Hall–Kier alpha value is -3.35. The fourth-order valence-corrected chi connectivity index (χ4v) is 4.46. The fourth-order valence-electron chi connectivity index (χ4n) is 4.46. The first-order valence-corrected chi connectivity index (χ1v) is 10.5. The number of carbonyl (C=O) groups is 3. The third-order valence-electron chi connectivity index (χ3n) is 6.08. The normalized spacial score (nSPS) is 19.0. The van der Waals surface area contributed by atoms with Crippen LogP contribution in [0.15, 0.2) is 48.5 Å². The van der Waals surface area contributed by atoms with Crippen molar-refractivity contribution in [2.45, 2.75) is 44.2 Å². The first kappa shape index (κ1) is 20.9. The van der Waals surface area contributed by atoms with Gasteiger partial charge in [0.2, 0.25) is 5.91 Å². The summed E-state index contributed by atoms with van der Waals surface area (Å²) in [5, 5.41) is 0. The summed E-state index contributed by atoms with van der Waals surface area (Å²) in [6.45, 7) is 0. The van der Waals surface area contributed by atoms with E-state index in [2.05, 4.69) is 0 Å². The second kappa shape index (κ2) is 8.79. The van der Waals surface area contributed by atoms with Gasteiger partial charge in [0.15, 0.2) is 0 Å². The second-order valence-corrected chi connectivity index (χ2v) is 7.86. The van der Waals surface area contributed by atoms with E-state index in [-0.39, 0.29) is 30.2 Å². The average Bonchev–Trinajstić information content (AvgIpc) is 3.42. The molecule has 1 aliphatic heterocycles. The SMILES string of the molecule is COc1ccc(C(=O)N(C2CCCC2)C2CC(=O)N(c3ccc(OC)cc3)C2=O)cc1. The van der Waals surface area contributed by atoms with Crippen molar-refractivity contribution >= 4 is 23.4 Å². The Kier molecular flexibility index (Phi) is 5.93. The zero-order valence-corrected chi connectivity index (χ0v) is 17.7. The van der Waals surface area contributed by atoms with Gasteiger partial charge >= 0.3 is 0 Å². The van der Waals surface area contributed by atoms with Crippen molar-refractivity contribution in [1.82, 2.24) is 4.90 Å². The van der Waals surface area contributed by atoms with Crippen LogP contribution in [0.4, 0.5) is 5.69 Å². The van der Waals surface area contributed by atoms with Gasteiger partial charge in [-0.2, -0.15) is 0 Å². The Balaban J connectivity index is 1.64. The number of carbonyl (C=O) groups excluding carboxylic acids is 3. The maximum atomic E-state index is 13.5. The summed E-state index contributed by atoms with van der Waals surface area (Å²) < 4.78 is 10.3. The minimum Gasteiger partial charge on any atom is -0.497 e. The lowest BCUT2D eigenvalue weighted by Crippen LogP contribution is -2.50. The van der Waals surface area contributed by atoms with Gasteiger partial charge in [-0.15, -0.1) is 0 Å². The lowest BCUT2D eigenvalue weighted by molar-refractivity contribution is -0.123. The van der Waals surface area contributed by atoms with Gasteiger partial charge in [0.25, 0.3) is 11.8 Å². The van der Waals surface area contributed by atoms with Crippen molar-refractivity contribution in [2.75, 3.05) is 19.1 Å². The minimum absolute atomic E-state index is 0.0107. The van der Waals surface area contributed by atoms with Gasteiger partial charge in [0, 0.05) is 11.6 Å². The molecule has 2 fully saturated rings. The van der Waals surface area contributed by atoms with Gasteiger partial charge in [-0.3, -0.25) is 14.4 Å². The number of methoxy groups -OCH3 is 2. The Morgan fingerprint density at radius 2 is 1.45 bits per heavy atom. The molecule has 4 rings (SSSR count). The summed E-state index contributed by atoms with van der Waals surface area (Å²) in [5.41, 5.74) is 0.970. The Labute approximate surface area is 181 Å². The van der Waals surface area contributed by atoms with Crippen LogP contribution >= 0.6 is 0 Å². The van der Waals surface area contributed by atoms with Crippen LogP contribution < -0.4 is 14.4 Å². The van der Waals surface area contributed by atoms with Gasteiger partial charge in [-0.25, -0.2) is 4.90 Å². The predicted molar refractivity (Wildman–Crippen MR) is 115 cm³/mol. The molecule has 1 saturated heterocycles. The summed E-state index contributed by atoms with van der Waals surface area (Å²) in [5.74, 6) is 0.412. The van der Waals surface area contributed by atoms with Crippen LogP contribution in [0.2, 0.25) is 0 Å². The van der Waals surface area contributed by atoms with Crippen LogP contribution in [-0.4, -0.2) is 48.9 Å². The van der Waals surface area contributed by atoms with Crippen LogP contribution in [0.3, 0.4) is 0 Å². The van der Waals surface area contributed by atoms with Crippen molar-refractivity contribution in [3.8, 4) is 11.5 Å². The predicted octanol–water partition coefficient (Wildman–Crippen LogP) is 3.42. The van der Waals surface area contributed by atoms with Crippen molar-refractivity contribution < 1.29 is 23.9 Å². The zero-order valence-electron chi connectivity index (χ0n) is 17.7. The smallest absolute Gasteiger partial charge is 0.257 e. The molecule has 1 aliphatic carbocycles. The summed E-state index contributed by atoms with van der Waals surface area (Å²) in [6.07, 6.45) is 3.68. The van der Waals surface area contributed by atoms with E-state index in [0.717, 1.165) is 25.7 Å². The number of benzene rings is 2. The summed E-state index contributed by atoms with van der Waals surface area (Å²) >= 11 is 0. The van der Waals surface area contributed by atoms with E-state index in [1.807, 2.05) is 0 Å². The number of ether oxygens (including phenoxy) is 2. The van der Waals surface area contributed by atoms with Crippen molar-refractivity contribution in [1.29, 1.82) is 0 Å². The average molecular weight is 422 g/mol. The number of imide groups is 1. The van der Waals surface area contributed by atoms with E-state index in [1.54, 1.807) is 67.7 Å². The van der Waals surface area contributed by atoms with Gasteiger partial charge in [0.05, 0.1) is 26.3 Å². The van der Waals surface area contributed by atoms with E-state index in [0.29, 0.717) is 22.7 Å². The summed E-state index contributed by atoms with van der Waals surface area (Å²) in [7, 11) is 3.12. The molecule has 1 unspecified atom stereocenters. The molecule has 2 aliphatic rings. The standard InChI is InChI=1S/C24H26N2O5/c1-30-19-11-7-16(8-12-19)23(28)25(17-5-3-4-6-17)21-15-22(27)26(24(21)29)18-9-13-20(31-2)14-10-18/h7-14,17,21H,3-6,15H2,1-2H3. The van der Waals surface area contributed by atoms with Crippen LogP contribution in [0, 0.1) is 0 Å². The number of anilines is 1. The zero-order chi connectivity index (χ0) is 22.0. The fraction of sp³-hybridized carbons (Fsp3) is 0.375. The van der Waals surface area contributed by atoms with Crippen molar-refractivity contribution in [2.24, 2.45) is 0 Å². The second-order valence-electron chi connectivity index (χ2n) is 7.86. The molecule has 2 aromatic carbocycles. The maximum Gasteiger partial charge on any atom is 0.257 e. The molecule has 0 radical (unpaired) electrons. The summed E-state index contributed by atoms with van der Waals surface area (Å²) in [4.78, 5) is 42.5. The molecule has 7 nitrogen and oxygen atoms in total. The van der Waals surface area contributed by atoms with Crippen LogP contribution in [0.5, 0.6) is 11.5 Å². The highest BCUT2D eigenvalue weighted by Gasteiger charge is 2.47. The number of hydrogen-bond acceptors (Lipinski definition) is 5. The topological polar surface area (TPSA) is 76.2 Å². The molecule has 162 valence electrons. The third-order valence-corrected chi connectivity index (χ3v) is 6.08. The molecule has 1 saturated carbocycles. The molecule has 0 aromatic heterocycles. The van der Waals surface area contributed by atoms with Gasteiger partial charge in [-0.05, 0) is 61.4 Å². The van der Waals surface area contributed by atoms with Crippen LogP contribution in [0.1, 0.15) is 42.5 Å². The van der Waals surface area contributed by atoms with Crippen LogP contribution in [0.25, 0.3) is 0 Å². The Morgan fingerprint density at radius 1 is 0.903 bits per heavy atom. The molecule has 3 amide bonds. The number of amides is 3. The number of nitrogens with zero attached hydrogens (tertiary/aromatic N) is 2.